The van der Waals surface area contributed by atoms with E-state index in [0.717, 1.165) is 18.4 Å². The summed E-state index contributed by atoms with van der Waals surface area (Å²) in [5.41, 5.74) is -1.08. The Hall–Kier alpha value is -1.88. The van der Waals surface area contributed by atoms with Crippen molar-refractivity contribution in [2.75, 3.05) is 14.2 Å². The maximum atomic E-state index is 13.2. The molecule has 8 unspecified atom stereocenters. The van der Waals surface area contributed by atoms with Crippen LogP contribution in [0.15, 0.2) is 30.3 Å². The fourth-order valence-electron chi connectivity index (χ4n) is 8.52. The first-order valence-corrected chi connectivity index (χ1v) is 9.45. The van der Waals surface area contributed by atoms with Crippen LogP contribution in [0, 0.1) is 46.3 Å². The van der Waals surface area contributed by atoms with Crippen LogP contribution < -0.4 is 0 Å². The Labute approximate surface area is 151 Å². The van der Waals surface area contributed by atoms with Gasteiger partial charge in [-0.05, 0) is 41.6 Å². The van der Waals surface area contributed by atoms with Gasteiger partial charge in [0.1, 0.15) is 0 Å². The molecule has 0 heterocycles. The van der Waals surface area contributed by atoms with Crippen LogP contribution in [0.25, 0.3) is 0 Å². The van der Waals surface area contributed by atoms with E-state index in [9.17, 15) is 14.7 Å². The normalized spacial score (nSPS) is 50.0. The average Bonchev–Trinajstić information content (AvgIpc) is 3.05. The zero-order valence-electron chi connectivity index (χ0n) is 14.8. The molecule has 7 aliphatic carbocycles. The highest BCUT2D eigenvalue weighted by Gasteiger charge is 3.01. The number of ether oxygens (including phenoxy) is 2. The van der Waals surface area contributed by atoms with Crippen molar-refractivity contribution in [1.29, 1.82) is 0 Å². The number of aliphatic hydroxyl groups is 1. The summed E-state index contributed by atoms with van der Waals surface area (Å²) in [5, 5.41) is 11.8. The molecule has 7 fully saturated rings. The fourth-order valence-corrected chi connectivity index (χ4v) is 8.52. The van der Waals surface area contributed by atoms with Crippen LogP contribution in [0.5, 0.6) is 0 Å². The van der Waals surface area contributed by atoms with Crippen molar-refractivity contribution < 1.29 is 24.2 Å². The number of benzene rings is 1. The Morgan fingerprint density at radius 2 is 1.73 bits per heavy atom. The third-order valence-electron chi connectivity index (χ3n) is 8.80. The Bertz CT molecular complexity index is 845. The molecule has 5 heteroatoms. The van der Waals surface area contributed by atoms with E-state index in [2.05, 4.69) is 0 Å². The SMILES string of the molecule is COC(=O)C1C2C3C4C(C25CC5)C1(C(=O)OC)C3C4(O)c1ccccc1. The molecule has 0 amide bonds. The predicted octanol–water partition coefficient (Wildman–Crippen LogP) is 1.74. The molecule has 7 aliphatic rings. The van der Waals surface area contributed by atoms with Gasteiger partial charge in [-0.2, -0.15) is 0 Å². The first-order valence-electron chi connectivity index (χ1n) is 9.45. The van der Waals surface area contributed by atoms with Crippen molar-refractivity contribution in [2.45, 2.75) is 18.4 Å². The molecule has 1 aromatic carbocycles. The zero-order chi connectivity index (χ0) is 18.1. The highest BCUT2D eigenvalue weighted by Crippen LogP contribution is 2.98. The number of esters is 2. The third kappa shape index (κ3) is 1.14. The van der Waals surface area contributed by atoms with Crippen LogP contribution in [0.4, 0.5) is 0 Å². The number of carbonyl (C=O) groups excluding carboxylic acids is 2. The summed E-state index contributed by atoms with van der Waals surface area (Å²) in [4.78, 5) is 26.0. The number of hydrogen-bond donors (Lipinski definition) is 1. The lowest BCUT2D eigenvalue weighted by molar-refractivity contribution is -0.181. The van der Waals surface area contributed by atoms with Gasteiger partial charge in [0.05, 0.1) is 31.2 Å². The van der Waals surface area contributed by atoms with Crippen molar-refractivity contribution in [2.24, 2.45) is 46.3 Å². The van der Waals surface area contributed by atoms with E-state index in [1.54, 1.807) is 0 Å². The zero-order valence-corrected chi connectivity index (χ0v) is 14.8. The lowest BCUT2D eigenvalue weighted by Crippen LogP contribution is -2.55. The highest BCUT2D eigenvalue weighted by molar-refractivity contribution is 5.91. The molecule has 6 bridgehead atoms. The minimum absolute atomic E-state index is 0.0248. The van der Waals surface area contributed by atoms with Crippen molar-refractivity contribution in [1.82, 2.24) is 0 Å². The minimum atomic E-state index is -1.04. The molecule has 5 nitrogen and oxygen atoms in total. The molecule has 1 N–H and O–H groups in total. The Kier molecular flexibility index (Phi) is 2.44. The first-order chi connectivity index (χ1) is 12.5. The van der Waals surface area contributed by atoms with Crippen LogP contribution in [0.1, 0.15) is 18.4 Å². The molecule has 1 spiro atoms. The Morgan fingerprint density at radius 1 is 1.04 bits per heavy atom. The molecule has 26 heavy (non-hydrogen) atoms. The van der Waals surface area contributed by atoms with E-state index in [0.29, 0.717) is 0 Å². The molecule has 7 saturated carbocycles. The highest BCUT2D eigenvalue weighted by atomic mass is 16.5. The number of hydrogen-bond acceptors (Lipinski definition) is 5. The van der Waals surface area contributed by atoms with Crippen LogP contribution >= 0.6 is 0 Å². The maximum absolute atomic E-state index is 13.2. The lowest BCUT2D eigenvalue weighted by atomic mass is 9.56. The number of carbonyl (C=O) groups is 2. The molecule has 8 atom stereocenters. The Morgan fingerprint density at radius 3 is 2.31 bits per heavy atom. The van der Waals surface area contributed by atoms with Crippen molar-refractivity contribution in [3.63, 3.8) is 0 Å². The second-order valence-corrected chi connectivity index (χ2v) is 8.93. The van der Waals surface area contributed by atoms with Gasteiger partial charge in [0, 0.05) is 11.8 Å². The summed E-state index contributed by atoms with van der Waals surface area (Å²) < 4.78 is 10.4. The molecule has 0 aromatic heterocycles. The number of rotatable bonds is 3. The van der Waals surface area contributed by atoms with Gasteiger partial charge in [0.15, 0.2) is 0 Å². The standard InChI is InChI=1S/C21H22O5/c1-25-17(22)14-12-11-13-16(19(12)8-9-19)20(14,18(23)26-2)15(11)21(13,24)10-6-4-3-5-7-10/h3-7,11-16,24H,8-9H2,1-2H3. The largest absolute Gasteiger partial charge is 0.469 e. The molecule has 8 rings (SSSR count). The van der Waals surface area contributed by atoms with Gasteiger partial charge in [-0.3, -0.25) is 9.59 Å². The van der Waals surface area contributed by atoms with Crippen molar-refractivity contribution in [3.8, 4) is 0 Å². The van der Waals surface area contributed by atoms with Gasteiger partial charge in [-0.25, -0.2) is 0 Å². The van der Waals surface area contributed by atoms with Gasteiger partial charge in [-0.15, -0.1) is 0 Å². The van der Waals surface area contributed by atoms with E-state index in [1.807, 2.05) is 30.3 Å². The van der Waals surface area contributed by atoms with Crippen LogP contribution in [-0.2, 0) is 24.7 Å². The van der Waals surface area contributed by atoms with Crippen molar-refractivity contribution >= 4 is 11.9 Å². The van der Waals surface area contributed by atoms with Crippen LogP contribution in [0.3, 0.4) is 0 Å². The van der Waals surface area contributed by atoms with E-state index in [1.165, 1.54) is 14.2 Å². The molecular formula is C21H22O5. The number of methoxy groups -OCH3 is 2. The maximum Gasteiger partial charge on any atom is 0.313 e. The second kappa shape index (κ2) is 4.16. The molecular weight excluding hydrogens is 332 g/mol. The third-order valence-corrected chi connectivity index (χ3v) is 8.80. The van der Waals surface area contributed by atoms with E-state index in [-0.39, 0.29) is 46.9 Å². The summed E-state index contributed by atoms with van der Waals surface area (Å²) in [7, 11) is 2.79. The van der Waals surface area contributed by atoms with E-state index in [4.69, 9.17) is 9.47 Å². The van der Waals surface area contributed by atoms with Gasteiger partial charge in [0.2, 0.25) is 0 Å². The quantitative estimate of drug-likeness (QED) is 0.837. The summed E-state index contributed by atoms with van der Waals surface area (Å²) >= 11 is 0. The molecule has 0 aliphatic heterocycles. The van der Waals surface area contributed by atoms with Crippen LogP contribution in [0.2, 0.25) is 0 Å². The summed E-state index contributed by atoms with van der Waals surface area (Å²) in [6, 6.07) is 9.66. The minimum Gasteiger partial charge on any atom is -0.469 e. The monoisotopic (exact) mass is 354 g/mol. The van der Waals surface area contributed by atoms with Gasteiger partial charge < -0.3 is 14.6 Å². The van der Waals surface area contributed by atoms with Gasteiger partial charge in [-0.1, -0.05) is 30.3 Å². The van der Waals surface area contributed by atoms with E-state index < -0.39 is 16.9 Å². The van der Waals surface area contributed by atoms with Crippen molar-refractivity contribution in [3.05, 3.63) is 35.9 Å². The van der Waals surface area contributed by atoms with Crippen LogP contribution in [-0.4, -0.2) is 31.3 Å². The average molecular weight is 354 g/mol. The predicted molar refractivity (Wildman–Crippen MR) is 89.4 cm³/mol. The molecule has 0 radical (unpaired) electrons. The topological polar surface area (TPSA) is 72.8 Å². The smallest absolute Gasteiger partial charge is 0.313 e. The van der Waals surface area contributed by atoms with Gasteiger partial charge in [0.25, 0.3) is 0 Å². The van der Waals surface area contributed by atoms with Gasteiger partial charge >= 0.3 is 11.9 Å². The second-order valence-electron chi connectivity index (χ2n) is 8.93. The molecule has 0 saturated heterocycles. The summed E-state index contributed by atoms with van der Waals surface area (Å²) in [6.45, 7) is 0. The fraction of sp³-hybridized carbons (Fsp3) is 0.619. The lowest BCUT2D eigenvalue weighted by Gasteiger charge is -2.51. The first kappa shape index (κ1) is 15.2. The Balaban J connectivity index is 1.59. The molecule has 1 aromatic rings. The van der Waals surface area contributed by atoms with E-state index >= 15 is 0 Å². The summed E-state index contributed by atoms with van der Waals surface area (Å²) in [6.07, 6.45) is 2.08. The summed E-state index contributed by atoms with van der Waals surface area (Å²) in [5.74, 6) is -0.921. The molecule has 136 valence electrons.